The Hall–Kier alpha value is -1.68. The second-order valence-electron chi connectivity index (χ2n) is 3.65. The highest BCUT2D eigenvalue weighted by atomic mass is 32.2. The molecule has 0 atom stereocenters. The van der Waals surface area contributed by atoms with E-state index in [-0.39, 0.29) is 5.39 Å². The third kappa shape index (κ3) is 2.54. The van der Waals surface area contributed by atoms with Crippen LogP contribution in [0.15, 0.2) is 34.1 Å². The fourth-order valence-corrected chi connectivity index (χ4v) is 3.21. The highest BCUT2D eigenvalue weighted by Gasteiger charge is 2.23. The summed E-state index contributed by atoms with van der Waals surface area (Å²) in [6.45, 7) is 0. The molecule has 3 N–H and O–H groups in total. The van der Waals surface area contributed by atoms with Crippen molar-refractivity contribution < 1.29 is 31.0 Å². The molecule has 0 aromatic heterocycles. The van der Waals surface area contributed by atoms with E-state index in [2.05, 4.69) is 6.07 Å². The summed E-state index contributed by atoms with van der Waals surface area (Å²) in [6.07, 6.45) is 0. The summed E-state index contributed by atoms with van der Waals surface area (Å²) in [4.78, 5) is -1.53. The molecule has 101 valence electrons. The van der Waals surface area contributed by atoms with Crippen LogP contribution in [0.5, 0.6) is 5.75 Å². The summed E-state index contributed by atoms with van der Waals surface area (Å²) in [5.74, 6) is -0.590. The first-order chi connectivity index (χ1) is 8.60. The van der Waals surface area contributed by atoms with Crippen LogP contribution in [0.25, 0.3) is 10.8 Å². The van der Waals surface area contributed by atoms with Crippen LogP contribution in [0.2, 0.25) is 0 Å². The van der Waals surface area contributed by atoms with E-state index in [0.717, 1.165) is 6.07 Å². The molecule has 2 rings (SSSR count). The van der Waals surface area contributed by atoms with E-state index in [0.29, 0.717) is 6.07 Å². The predicted octanol–water partition coefficient (Wildman–Crippen LogP) is 0.839. The summed E-state index contributed by atoms with van der Waals surface area (Å²) in [6, 6.07) is 6.44. The van der Waals surface area contributed by atoms with Gasteiger partial charge < -0.3 is 5.11 Å². The number of hydrogen-bond acceptors (Lipinski definition) is 5. The molecule has 1 radical (unpaired) electrons. The molecular formula is C10H7O7S2. The van der Waals surface area contributed by atoms with Gasteiger partial charge in [0.2, 0.25) is 0 Å². The Morgan fingerprint density at radius 1 is 0.947 bits per heavy atom. The van der Waals surface area contributed by atoms with Crippen molar-refractivity contribution in [2.45, 2.75) is 9.79 Å². The first kappa shape index (κ1) is 13.7. The topological polar surface area (TPSA) is 129 Å². The lowest BCUT2D eigenvalue weighted by atomic mass is 10.1. The van der Waals surface area contributed by atoms with Crippen LogP contribution in [0.1, 0.15) is 0 Å². The smallest absolute Gasteiger partial charge is 0.295 e. The van der Waals surface area contributed by atoms with Crippen molar-refractivity contribution in [1.82, 2.24) is 0 Å². The number of hydrogen-bond donors (Lipinski definition) is 3. The number of phenolic OH excluding ortho intramolecular Hbond substituents is 1. The molecule has 0 aliphatic carbocycles. The molecule has 0 saturated heterocycles. The molecule has 2 aromatic rings. The van der Waals surface area contributed by atoms with Gasteiger partial charge in [0.25, 0.3) is 20.2 Å². The van der Waals surface area contributed by atoms with Crippen molar-refractivity contribution in [3.63, 3.8) is 0 Å². The molecule has 0 amide bonds. The van der Waals surface area contributed by atoms with Gasteiger partial charge in [-0.15, -0.1) is 0 Å². The molecule has 9 heteroatoms. The number of rotatable bonds is 2. The summed E-state index contributed by atoms with van der Waals surface area (Å²) in [5, 5.41) is 8.80. The van der Waals surface area contributed by atoms with Crippen LogP contribution in [0.3, 0.4) is 0 Å². The van der Waals surface area contributed by atoms with E-state index in [1.54, 1.807) is 0 Å². The highest BCUT2D eigenvalue weighted by molar-refractivity contribution is 7.87. The second kappa shape index (κ2) is 4.17. The van der Waals surface area contributed by atoms with E-state index >= 15 is 0 Å². The Bertz CT molecular complexity index is 866. The van der Waals surface area contributed by atoms with E-state index in [9.17, 15) is 21.9 Å². The molecule has 0 aliphatic rings. The average molecular weight is 303 g/mol. The molecule has 0 fully saturated rings. The van der Waals surface area contributed by atoms with Crippen molar-refractivity contribution in [3.05, 3.63) is 30.3 Å². The maximum Gasteiger partial charge on any atom is 0.295 e. The van der Waals surface area contributed by atoms with Gasteiger partial charge in [-0.2, -0.15) is 16.8 Å². The van der Waals surface area contributed by atoms with Crippen LogP contribution in [-0.2, 0) is 20.2 Å². The molecule has 19 heavy (non-hydrogen) atoms. The minimum Gasteiger partial charge on any atom is -0.507 e. The van der Waals surface area contributed by atoms with Crippen LogP contribution < -0.4 is 0 Å². The van der Waals surface area contributed by atoms with Crippen molar-refractivity contribution >= 4 is 31.0 Å². The van der Waals surface area contributed by atoms with Gasteiger partial charge >= 0.3 is 0 Å². The SMILES string of the molecule is O=S(=O)(O)c1cccc2[c]c(O)cc(S(=O)(=O)O)c12. The largest absolute Gasteiger partial charge is 0.507 e. The highest BCUT2D eigenvalue weighted by Crippen LogP contribution is 2.32. The van der Waals surface area contributed by atoms with Gasteiger partial charge in [0.15, 0.2) is 0 Å². The third-order valence-electron chi connectivity index (χ3n) is 2.36. The monoisotopic (exact) mass is 303 g/mol. The summed E-state index contributed by atoms with van der Waals surface area (Å²) in [5.41, 5.74) is 0. The van der Waals surface area contributed by atoms with E-state index < -0.39 is 41.2 Å². The predicted molar refractivity (Wildman–Crippen MR) is 64.1 cm³/mol. The molecular weight excluding hydrogens is 296 g/mol. The van der Waals surface area contributed by atoms with Gasteiger partial charge in [0, 0.05) is 17.5 Å². The Morgan fingerprint density at radius 3 is 2.05 bits per heavy atom. The summed E-state index contributed by atoms with van der Waals surface area (Å²) in [7, 11) is -9.49. The van der Waals surface area contributed by atoms with Gasteiger partial charge in [-0.1, -0.05) is 12.1 Å². The van der Waals surface area contributed by atoms with Gasteiger partial charge in [0.1, 0.15) is 15.5 Å². The Morgan fingerprint density at radius 2 is 1.53 bits per heavy atom. The Balaban J connectivity index is 3.13. The molecule has 0 aliphatic heterocycles. The molecule has 0 bridgehead atoms. The van der Waals surface area contributed by atoms with Crippen LogP contribution >= 0.6 is 0 Å². The lowest BCUT2D eigenvalue weighted by Crippen LogP contribution is -2.05. The third-order valence-corrected chi connectivity index (χ3v) is 4.13. The minimum atomic E-state index is -4.79. The normalized spacial score (nSPS) is 12.7. The van der Waals surface area contributed by atoms with E-state index in [4.69, 9.17) is 9.11 Å². The van der Waals surface area contributed by atoms with Gasteiger partial charge in [0.05, 0.1) is 0 Å². The number of benzene rings is 2. The fourth-order valence-electron chi connectivity index (χ4n) is 1.68. The van der Waals surface area contributed by atoms with Gasteiger partial charge in [-0.25, -0.2) is 0 Å². The van der Waals surface area contributed by atoms with Crippen molar-refractivity contribution in [1.29, 1.82) is 0 Å². The molecule has 2 aromatic carbocycles. The summed E-state index contributed by atoms with van der Waals surface area (Å²) < 4.78 is 63.0. The fraction of sp³-hybridized carbons (Fsp3) is 0. The first-order valence-electron chi connectivity index (χ1n) is 4.74. The molecule has 7 nitrogen and oxygen atoms in total. The molecule has 0 spiro atoms. The average Bonchev–Trinajstić information content (AvgIpc) is 2.24. The van der Waals surface area contributed by atoms with Crippen molar-refractivity contribution in [3.8, 4) is 5.75 Å². The molecule has 0 saturated carbocycles. The van der Waals surface area contributed by atoms with Crippen LogP contribution in [-0.4, -0.2) is 31.0 Å². The first-order valence-corrected chi connectivity index (χ1v) is 7.62. The van der Waals surface area contributed by atoms with Gasteiger partial charge in [-0.05, 0) is 11.5 Å². The lowest BCUT2D eigenvalue weighted by Gasteiger charge is -2.08. The summed E-state index contributed by atoms with van der Waals surface area (Å²) >= 11 is 0. The molecule has 0 unspecified atom stereocenters. The Labute approximate surface area is 108 Å². The zero-order chi connectivity index (χ0) is 14.4. The minimum absolute atomic E-state index is 0.0808. The Kier molecular flexibility index (Phi) is 3.01. The second-order valence-corrected chi connectivity index (χ2v) is 6.43. The molecule has 0 heterocycles. The maximum absolute atomic E-state index is 11.2. The van der Waals surface area contributed by atoms with E-state index in [1.807, 2.05) is 0 Å². The van der Waals surface area contributed by atoms with Crippen LogP contribution in [0, 0.1) is 6.07 Å². The standard InChI is InChI=1S/C10H7O7S2/c11-7-4-6-2-1-3-8(18(12,13)14)10(6)9(5-7)19(15,16)17/h1-3,5,11H,(H,12,13,14)(H,15,16,17). The van der Waals surface area contributed by atoms with Crippen molar-refractivity contribution in [2.24, 2.45) is 0 Å². The number of fused-ring (bicyclic) bond motifs is 1. The van der Waals surface area contributed by atoms with Crippen molar-refractivity contribution in [2.75, 3.05) is 0 Å². The van der Waals surface area contributed by atoms with Gasteiger partial charge in [-0.3, -0.25) is 9.11 Å². The van der Waals surface area contributed by atoms with E-state index in [1.165, 1.54) is 12.1 Å². The van der Waals surface area contributed by atoms with Crippen LogP contribution in [0.4, 0.5) is 0 Å². The lowest BCUT2D eigenvalue weighted by molar-refractivity contribution is 0.466. The number of aromatic hydroxyl groups is 1. The zero-order valence-electron chi connectivity index (χ0n) is 9.10. The number of phenols is 1. The quantitative estimate of drug-likeness (QED) is 0.701. The maximum atomic E-state index is 11.2. The zero-order valence-corrected chi connectivity index (χ0v) is 10.7.